The summed E-state index contributed by atoms with van der Waals surface area (Å²) in [4.78, 5) is 3.84. The van der Waals surface area contributed by atoms with Crippen LogP contribution >= 0.6 is 11.6 Å². The zero-order chi connectivity index (χ0) is 11.0. The molecule has 0 aliphatic carbocycles. The number of benzene rings is 1. The number of aromatic nitrogens is 1. The lowest BCUT2D eigenvalue weighted by Gasteiger charge is -2.05. The summed E-state index contributed by atoms with van der Waals surface area (Å²) in [6, 6.07) is 6.57. The number of fused-ring (bicyclic) bond motifs is 1. The zero-order valence-electron chi connectivity index (χ0n) is 7.97. The number of alkyl halides is 2. The molecule has 0 N–H and O–H groups in total. The average Bonchev–Trinajstić information content (AvgIpc) is 2.18. The highest BCUT2D eigenvalue weighted by Crippen LogP contribution is 2.27. The van der Waals surface area contributed by atoms with Crippen LogP contribution < -0.4 is 0 Å². The van der Waals surface area contributed by atoms with Crippen molar-refractivity contribution in [1.29, 1.82) is 0 Å². The van der Waals surface area contributed by atoms with E-state index in [9.17, 15) is 8.78 Å². The second-order valence-corrected chi connectivity index (χ2v) is 3.76. The molecule has 1 heterocycles. The van der Waals surface area contributed by atoms with Crippen molar-refractivity contribution in [3.8, 4) is 0 Å². The Morgan fingerprint density at radius 2 is 2.00 bits per heavy atom. The summed E-state index contributed by atoms with van der Waals surface area (Å²) in [6.07, 6.45) is -2.59. The van der Waals surface area contributed by atoms with Gasteiger partial charge in [-0.15, -0.1) is 0 Å². The number of pyridine rings is 1. The Labute approximate surface area is 90.7 Å². The molecule has 0 unspecified atom stereocenters. The lowest BCUT2D eigenvalue weighted by atomic mass is 10.1. The molecule has 0 saturated carbocycles. The van der Waals surface area contributed by atoms with Gasteiger partial charge in [-0.2, -0.15) is 0 Å². The molecule has 0 spiro atoms. The van der Waals surface area contributed by atoms with Crippen LogP contribution in [-0.2, 0) is 0 Å². The summed E-state index contributed by atoms with van der Waals surface area (Å²) in [5.41, 5.74) is 1.25. The Bertz CT molecular complexity index is 511. The molecule has 15 heavy (non-hydrogen) atoms. The lowest BCUT2D eigenvalue weighted by Crippen LogP contribution is -1.91. The summed E-state index contributed by atoms with van der Waals surface area (Å²) in [5.74, 6) is 0. The van der Waals surface area contributed by atoms with Crippen LogP contribution in [-0.4, -0.2) is 4.98 Å². The first kappa shape index (κ1) is 10.3. The molecule has 2 aromatic rings. The summed E-state index contributed by atoms with van der Waals surface area (Å²) >= 11 is 5.90. The van der Waals surface area contributed by atoms with E-state index in [1.165, 1.54) is 6.07 Å². The molecule has 2 rings (SSSR count). The molecule has 0 bridgehead atoms. The van der Waals surface area contributed by atoms with Crippen molar-refractivity contribution in [2.75, 3.05) is 0 Å². The fourth-order valence-electron chi connectivity index (χ4n) is 1.43. The molecule has 0 radical (unpaired) electrons. The second-order valence-electron chi connectivity index (χ2n) is 3.35. The Kier molecular flexibility index (Phi) is 2.57. The first-order valence-corrected chi connectivity index (χ1v) is 4.80. The van der Waals surface area contributed by atoms with Crippen LogP contribution in [0.5, 0.6) is 0 Å². The van der Waals surface area contributed by atoms with Gasteiger partial charge in [0.1, 0.15) is 5.69 Å². The van der Waals surface area contributed by atoms with E-state index >= 15 is 0 Å². The van der Waals surface area contributed by atoms with Crippen LogP contribution in [0.15, 0.2) is 24.3 Å². The minimum atomic E-state index is -2.59. The lowest BCUT2D eigenvalue weighted by molar-refractivity contribution is 0.146. The predicted octanol–water partition coefficient (Wildman–Crippen LogP) is 4.13. The normalized spacial score (nSPS) is 11.3. The van der Waals surface area contributed by atoms with E-state index < -0.39 is 6.43 Å². The zero-order valence-corrected chi connectivity index (χ0v) is 8.72. The molecule has 1 nitrogen and oxygen atoms in total. The molecule has 0 aliphatic heterocycles. The van der Waals surface area contributed by atoms with Crippen molar-refractivity contribution in [3.63, 3.8) is 0 Å². The minimum Gasteiger partial charge on any atom is -0.247 e. The highest BCUT2D eigenvalue weighted by atomic mass is 35.5. The van der Waals surface area contributed by atoms with Gasteiger partial charge in [-0.1, -0.05) is 23.2 Å². The summed E-state index contributed by atoms with van der Waals surface area (Å²) < 4.78 is 24.9. The molecule has 4 heteroatoms. The van der Waals surface area contributed by atoms with Crippen molar-refractivity contribution in [3.05, 3.63) is 40.5 Å². The van der Waals surface area contributed by atoms with Crippen LogP contribution in [0.2, 0.25) is 5.02 Å². The molecule has 0 saturated heterocycles. The van der Waals surface area contributed by atoms with E-state index in [0.717, 1.165) is 5.56 Å². The highest BCUT2D eigenvalue weighted by molar-refractivity contribution is 6.35. The van der Waals surface area contributed by atoms with E-state index in [1.54, 1.807) is 6.07 Å². The molecule has 1 aromatic heterocycles. The van der Waals surface area contributed by atoms with Gasteiger partial charge in [0.05, 0.1) is 10.5 Å². The third-order valence-electron chi connectivity index (χ3n) is 2.16. The van der Waals surface area contributed by atoms with Gasteiger partial charge in [-0.3, -0.25) is 0 Å². The van der Waals surface area contributed by atoms with Crippen molar-refractivity contribution >= 4 is 22.5 Å². The molecule has 78 valence electrons. The van der Waals surface area contributed by atoms with E-state index in [4.69, 9.17) is 11.6 Å². The molecule has 0 amide bonds. The van der Waals surface area contributed by atoms with Crippen molar-refractivity contribution in [2.24, 2.45) is 0 Å². The van der Waals surface area contributed by atoms with Gasteiger partial charge in [0.2, 0.25) is 0 Å². The topological polar surface area (TPSA) is 12.9 Å². The minimum absolute atomic E-state index is 0.281. The van der Waals surface area contributed by atoms with E-state index in [-0.39, 0.29) is 5.69 Å². The van der Waals surface area contributed by atoms with Crippen LogP contribution in [0, 0.1) is 6.92 Å². The van der Waals surface area contributed by atoms with Crippen molar-refractivity contribution in [2.45, 2.75) is 13.3 Å². The van der Waals surface area contributed by atoms with Gasteiger partial charge < -0.3 is 0 Å². The Morgan fingerprint density at radius 1 is 1.27 bits per heavy atom. The monoisotopic (exact) mass is 227 g/mol. The van der Waals surface area contributed by atoms with Crippen molar-refractivity contribution < 1.29 is 8.78 Å². The van der Waals surface area contributed by atoms with Gasteiger partial charge in [-0.05, 0) is 25.1 Å². The van der Waals surface area contributed by atoms with Crippen LogP contribution in [0.3, 0.4) is 0 Å². The summed E-state index contributed by atoms with van der Waals surface area (Å²) in [7, 11) is 0. The number of rotatable bonds is 1. The maximum atomic E-state index is 12.4. The maximum Gasteiger partial charge on any atom is 0.280 e. The Balaban J connectivity index is 2.73. The molecular formula is C11H8ClF2N. The first-order valence-electron chi connectivity index (χ1n) is 4.43. The molecule has 0 fully saturated rings. The van der Waals surface area contributed by atoms with Crippen LogP contribution in [0.4, 0.5) is 8.78 Å². The molecule has 1 aromatic carbocycles. The van der Waals surface area contributed by atoms with Gasteiger partial charge in [0.15, 0.2) is 0 Å². The van der Waals surface area contributed by atoms with Gasteiger partial charge >= 0.3 is 0 Å². The largest absolute Gasteiger partial charge is 0.280 e. The fourth-order valence-corrected chi connectivity index (χ4v) is 1.69. The number of hydrogen-bond donors (Lipinski definition) is 0. The number of hydrogen-bond acceptors (Lipinski definition) is 1. The third kappa shape index (κ3) is 1.92. The van der Waals surface area contributed by atoms with E-state index in [0.29, 0.717) is 15.9 Å². The van der Waals surface area contributed by atoms with E-state index in [1.807, 2.05) is 19.1 Å². The number of aryl methyl sites for hydroxylation is 1. The van der Waals surface area contributed by atoms with Crippen molar-refractivity contribution in [1.82, 2.24) is 4.98 Å². The number of nitrogens with zero attached hydrogens (tertiary/aromatic N) is 1. The first-order chi connectivity index (χ1) is 7.08. The second kappa shape index (κ2) is 3.74. The Morgan fingerprint density at radius 3 is 2.67 bits per heavy atom. The SMILES string of the molecule is Cc1ccc2nc(C(F)F)cc(Cl)c2c1. The molecule has 0 atom stereocenters. The predicted molar refractivity (Wildman–Crippen MR) is 56.4 cm³/mol. The average molecular weight is 228 g/mol. The third-order valence-corrected chi connectivity index (χ3v) is 2.47. The molecular weight excluding hydrogens is 220 g/mol. The standard InChI is InChI=1S/C11H8ClF2N/c1-6-2-3-9-7(4-6)8(12)5-10(15-9)11(13)14/h2-5,11H,1H3. The summed E-state index contributed by atoms with van der Waals surface area (Å²) in [5, 5.41) is 1.03. The maximum absolute atomic E-state index is 12.4. The number of halogens is 3. The summed E-state index contributed by atoms with van der Waals surface area (Å²) in [6.45, 7) is 1.91. The van der Waals surface area contributed by atoms with Gasteiger partial charge in [0.25, 0.3) is 6.43 Å². The van der Waals surface area contributed by atoms with Crippen LogP contribution in [0.25, 0.3) is 10.9 Å². The van der Waals surface area contributed by atoms with Gasteiger partial charge in [-0.25, -0.2) is 13.8 Å². The van der Waals surface area contributed by atoms with E-state index in [2.05, 4.69) is 4.98 Å². The highest BCUT2D eigenvalue weighted by Gasteiger charge is 2.12. The fraction of sp³-hybridized carbons (Fsp3) is 0.182. The quantitative estimate of drug-likeness (QED) is 0.714. The smallest absolute Gasteiger partial charge is 0.247 e. The Hall–Kier alpha value is -1.22. The molecule has 0 aliphatic rings. The van der Waals surface area contributed by atoms with Gasteiger partial charge in [0, 0.05) is 5.39 Å². The van der Waals surface area contributed by atoms with Crippen LogP contribution in [0.1, 0.15) is 17.7 Å².